The fourth-order valence-corrected chi connectivity index (χ4v) is 3.12. The van der Waals surface area contributed by atoms with Crippen LogP contribution in [-0.2, 0) is 4.79 Å². The molecular weight excluding hydrogens is 328 g/mol. The highest BCUT2D eigenvalue weighted by Gasteiger charge is 2.15. The van der Waals surface area contributed by atoms with Gasteiger partial charge in [0, 0.05) is 25.2 Å². The van der Waals surface area contributed by atoms with Gasteiger partial charge in [-0.15, -0.1) is 0 Å². The number of carbonyl (C=O) groups is 1. The van der Waals surface area contributed by atoms with Gasteiger partial charge in [-0.1, -0.05) is 18.2 Å². The predicted octanol–water partition coefficient (Wildman–Crippen LogP) is 4.09. The van der Waals surface area contributed by atoms with Gasteiger partial charge in [-0.05, 0) is 49.6 Å². The molecule has 5 heteroatoms. The van der Waals surface area contributed by atoms with Crippen LogP contribution in [0.2, 0.25) is 0 Å². The summed E-state index contributed by atoms with van der Waals surface area (Å²) in [5.41, 5.74) is 1.86. The number of amides is 1. The molecule has 2 aromatic carbocycles. The fraction of sp³-hybridized carbons (Fsp3) is 0.381. The minimum Gasteiger partial charge on any atom is -0.495 e. The first kappa shape index (κ1) is 18.1. The van der Waals surface area contributed by atoms with Crippen molar-refractivity contribution in [2.24, 2.45) is 0 Å². The van der Waals surface area contributed by atoms with Gasteiger partial charge in [0.2, 0.25) is 5.91 Å². The van der Waals surface area contributed by atoms with E-state index < -0.39 is 0 Å². The number of para-hydroxylation sites is 1. The van der Waals surface area contributed by atoms with Crippen molar-refractivity contribution in [3.63, 3.8) is 0 Å². The molecule has 1 N–H and O–H groups in total. The van der Waals surface area contributed by atoms with Gasteiger partial charge in [-0.2, -0.15) is 0 Å². The molecule has 0 unspecified atom stereocenters. The van der Waals surface area contributed by atoms with Gasteiger partial charge >= 0.3 is 0 Å². The SMILES string of the molecule is COc1ccc(N2CCCC2)cc1NC(=O)CCCOc1ccccc1. The molecule has 1 heterocycles. The van der Waals surface area contributed by atoms with Crippen LogP contribution in [0, 0.1) is 0 Å². The second kappa shape index (κ2) is 9.13. The molecular formula is C21H26N2O3. The van der Waals surface area contributed by atoms with Crippen molar-refractivity contribution in [1.82, 2.24) is 0 Å². The summed E-state index contributed by atoms with van der Waals surface area (Å²) in [5.74, 6) is 1.48. The van der Waals surface area contributed by atoms with Crippen molar-refractivity contribution in [3.05, 3.63) is 48.5 Å². The maximum absolute atomic E-state index is 12.3. The summed E-state index contributed by atoms with van der Waals surface area (Å²) in [4.78, 5) is 14.6. The van der Waals surface area contributed by atoms with E-state index >= 15 is 0 Å². The van der Waals surface area contributed by atoms with Crippen LogP contribution in [0.3, 0.4) is 0 Å². The van der Waals surface area contributed by atoms with Gasteiger partial charge in [-0.3, -0.25) is 4.79 Å². The predicted molar refractivity (Wildman–Crippen MR) is 104 cm³/mol. The maximum Gasteiger partial charge on any atom is 0.224 e. The molecule has 0 aromatic heterocycles. The summed E-state index contributed by atoms with van der Waals surface area (Å²) in [6.07, 6.45) is 3.50. The van der Waals surface area contributed by atoms with Crippen molar-refractivity contribution in [1.29, 1.82) is 0 Å². The number of benzene rings is 2. The van der Waals surface area contributed by atoms with Crippen LogP contribution < -0.4 is 19.7 Å². The second-order valence-corrected chi connectivity index (χ2v) is 6.39. The van der Waals surface area contributed by atoms with E-state index in [0.717, 1.165) is 30.2 Å². The standard InChI is InChI=1S/C21H26N2O3/c1-25-20-12-11-17(23-13-5-6-14-23)16-19(20)22-21(24)10-7-15-26-18-8-3-2-4-9-18/h2-4,8-9,11-12,16H,5-7,10,13-15H2,1H3,(H,22,24). The number of hydrogen-bond donors (Lipinski definition) is 1. The molecule has 0 aliphatic carbocycles. The normalized spacial score (nSPS) is 13.5. The van der Waals surface area contributed by atoms with Gasteiger partial charge in [0.25, 0.3) is 0 Å². The minimum absolute atomic E-state index is 0.0291. The largest absolute Gasteiger partial charge is 0.495 e. The van der Waals surface area contributed by atoms with Crippen molar-refractivity contribution < 1.29 is 14.3 Å². The first-order valence-electron chi connectivity index (χ1n) is 9.17. The molecule has 1 amide bonds. The lowest BCUT2D eigenvalue weighted by Crippen LogP contribution is -2.18. The average molecular weight is 354 g/mol. The quantitative estimate of drug-likeness (QED) is 0.726. The Morgan fingerprint density at radius 1 is 1.12 bits per heavy atom. The molecule has 0 atom stereocenters. The van der Waals surface area contributed by atoms with E-state index in [4.69, 9.17) is 9.47 Å². The Morgan fingerprint density at radius 2 is 1.88 bits per heavy atom. The van der Waals surface area contributed by atoms with E-state index in [-0.39, 0.29) is 5.91 Å². The van der Waals surface area contributed by atoms with E-state index in [2.05, 4.69) is 10.2 Å². The second-order valence-electron chi connectivity index (χ2n) is 6.39. The number of hydrogen-bond acceptors (Lipinski definition) is 4. The van der Waals surface area contributed by atoms with E-state index in [9.17, 15) is 4.79 Å². The lowest BCUT2D eigenvalue weighted by Gasteiger charge is -2.20. The zero-order chi connectivity index (χ0) is 18.2. The summed E-state index contributed by atoms with van der Waals surface area (Å²) >= 11 is 0. The Hall–Kier alpha value is -2.69. The van der Waals surface area contributed by atoms with Crippen LogP contribution in [0.15, 0.2) is 48.5 Å². The number of ether oxygens (including phenoxy) is 2. The lowest BCUT2D eigenvalue weighted by atomic mass is 10.2. The summed E-state index contributed by atoms with van der Waals surface area (Å²) in [6.45, 7) is 2.65. The Balaban J connectivity index is 1.51. The molecule has 0 radical (unpaired) electrons. The van der Waals surface area contributed by atoms with E-state index in [1.54, 1.807) is 7.11 Å². The Bertz CT molecular complexity index is 712. The lowest BCUT2D eigenvalue weighted by molar-refractivity contribution is -0.116. The number of rotatable bonds is 8. The van der Waals surface area contributed by atoms with E-state index in [0.29, 0.717) is 25.2 Å². The molecule has 1 fully saturated rings. The summed E-state index contributed by atoms with van der Waals surface area (Å²) in [6, 6.07) is 15.6. The summed E-state index contributed by atoms with van der Waals surface area (Å²) in [5, 5.41) is 2.98. The molecule has 2 aromatic rings. The average Bonchev–Trinajstić information content (AvgIpc) is 3.21. The third-order valence-corrected chi connectivity index (χ3v) is 4.49. The number of nitrogens with one attached hydrogen (secondary N) is 1. The van der Waals surface area contributed by atoms with Gasteiger partial charge in [0.05, 0.1) is 19.4 Å². The maximum atomic E-state index is 12.3. The van der Waals surface area contributed by atoms with Crippen LogP contribution in [0.1, 0.15) is 25.7 Å². The molecule has 5 nitrogen and oxygen atoms in total. The third-order valence-electron chi connectivity index (χ3n) is 4.49. The molecule has 26 heavy (non-hydrogen) atoms. The molecule has 1 saturated heterocycles. The Labute approximate surface area is 154 Å². The van der Waals surface area contributed by atoms with Crippen LogP contribution in [-0.4, -0.2) is 32.7 Å². The molecule has 3 rings (SSSR count). The topological polar surface area (TPSA) is 50.8 Å². The fourth-order valence-electron chi connectivity index (χ4n) is 3.12. The first-order chi connectivity index (χ1) is 12.8. The zero-order valence-electron chi connectivity index (χ0n) is 15.2. The number of methoxy groups -OCH3 is 1. The molecule has 1 aliphatic heterocycles. The monoisotopic (exact) mass is 354 g/mol. The third kappa shape index (κ3) is 4.91. The van der Waals surface area contributed by atoms with Crippen molar-refractivity contribution in [2.75, 3.05) is 37.0 Å². The summed E-state index contributed by atoms with van der Waals surface area (Å²) < 4.78 is 11.0. The Morgan fingerprint density at radius 3 is 2.62 bits per heavy atom. The minimum atomic E-state index is -0.0291. The van der Waals surface area contributed by atoms with Crippen LogP contribution >= 0.6 is 0 Å². The smallest absolute Gasteiger partial charge is 0.224 e. The van der Waals surface area contributed by atoms with E-state index in [1.807, 2.05) is 48.5 Å². The molecule has 1 aliphatic rings. The highest BCUT2D eigenvalue weighted by atomic mass is 16.5. The van der Waals surface area contributed by atoms with Crippen LogP contribution in [0.25, 0.3) is 0 Å². The van der Waals surface area contributed by atoms with Gasteiger partial charge < -0.3 is 19.7 Å². The van der Waals surface area contributed by atoms with Gasteiger partial charge in [-0.25, -0.2) is 0 Å². The van der Waals surface area contributed by atoms with Crippen molar-refractivity contribution in [3.8, 4) is 11.5 Å². The van der Waals surface area contributed by atoms with Crippen LogP contribution in [0.4, 0.5) is 11.4 Å². The molecule has 0 bridgehead atoms. The number of carbonyl (C=O) groups excluding carboxylic acids is 1. The summed E-state index contributed by atoms with van der Waals surface area (Å²) in [7, 11) is 1.62. The number of nitrogens with zero attached hydrogens (tertiary/aromatic N) is 1. The van der Waals surface area contributed by atoms with Crippen LogP contribution in [0.5, 0.6) is 11.5 Å². The number of anilines is 2. The van der Waals surface area contributed by atoms with Gasteiger partial charge in [0.1, 0.15) is 11.5 Å². The highest BCUT2D eigenvalue weighted by Crippen LogP contribution is 2.31. The van der Waals surface area contributed by atoms with E-state index in [1.165, 1.54) is 12.8 Å². The zero-order valence-corrected chi connectivity index (χ0v) is 15.2. The van der Waals surface area contributed by atoms with Crippen molar-refractivity contribution in [2.45, 2.75) is 25.7 Å². The first-order valence-corrected chi connectivity index (χ1v) is 9.17. The molecule has 0 spiro atoms. The van der Waals surface area contributed by atoms with Crippen molar-refractivity contribution >= 4 is 17.3 Å². The Kier molecular flexibility index (Phi) is 6.36. The molecule has 0 saturated carbocycles. The van der Waals surface area contributed by atoms with Gasteiger partial charge in [0.15, 0.2) is 0 Å². The molecule has 138 valence electrons. The highest BCUT2D eigenvalue weighted by molar-refractivity contribution is 5.93.